The summed E-state index contributed by atoms with van der Waals surface area (Å²) < 4.78 is 37.1. The molecule has 0 spiro atoms. The van der Waals surface area contributed by atoms with Gasteiger partial charge < -0.3 is 10.8 Å². The van der Waals surface area contributed by atoms with Crippen LogP contribution in [0.25, 0.3) is 0 Å². The zero-order valence-electron chi connectivity index (χ0n) is 10.7. The maximum Gasteiger partial charge on any atom is 0.154 e. The molecule has 0 heterocycles. The van der Waals surface area contributed by atoms with Crippen molar-refractivity contribution in [2.45, 2.75) is 18.1 Å². The molecular formula is C13H18FNO3S. The first kappa shape index (κ1) is 14.4. The lowest BCUT2D eigenvalue weighted by molar-refractivity contribution is 0.212. The summed E-state index contributed by atoms with van der Waals surface area (Å²) in [5, 5.41) is 8.88. The van der Waals surface area contributed by atoms with Gasteiger partial charge in [-0.1, -0.05) is 19.1 Å². The monoisotopic (exact) mass is 287 g/mol. The average Bonchev–Trinajstić information content (AvgIpc) is 3.10. The van der Waals surface area contributed by atoms with Gasteiger partial charge in [-0.15, -0.1) is 0 Å². The summed E-state index contributed by atoms with van der Waals surface area (Å²) in [7, 11) is -3.30. The van der Waals surface area contributed by atoms with Gasteiger partial charge in [-0.2, -0.15) is 0 Å². The van der Waals surface area contributed by atoms with E-state index in [1.165, 1.54) is 12.1 Å². The van der Waals surface area contributed by atoms with Gasteiger partial charge in [0.25, 0.3) is 0 Å². The van der Waals surface area contributed by atoms with Crippen LogP contribution in [0.2, 0.25) is 0 Å². The number of aliphatic hydroxyl groups excluding tert-OH is 1. The van der Waals surface area contributed by atoms with Gasteiger partial charge in [-0.3, -0.25) is 0 Å². The van der Waals surface area contributed by atoms with Crippen LogP contribution in [-0.2, 0) is 9.84 Å². The quantitative estimate of drug-likeness (QED) is 0.834. The van der Waals surface area contributed by atoms with Crippen LogP contribution in [0.15, 0.2) is 24.3 Å². The van der Waals surface area contributed by atoms with Crippen LogP contribution >= 0.6 is 0 Å². The van der Waals surface area contributed by atoms with Crippen LogP contribution in [0.1, 0.15) is 18.4 Å². The van der Waals surface area contributed by atoms with Crippen LogP contribution < -0.4 is 5.73 Å². The number of sulfone groups is 1. The zero-order valence-corrected chi connectivity index (χ0v) is 11.5. The fraction of sp³-hybridized carbons (Fsp3) is 0.538. The SMILES string of the molecule is CCS(=O)(=O)[C@@H]1[C@@H](c2ccc(F)cc2)[C@@]1(CN)CO. The number of nitrogens with two attached hydrogens (primary N) is 1. The van der Waals surface area contributed by atoms with Gasteiger partial charge in [0.15, 0.2) is 9.84 Å². The highest BCUT2D eigenvalue weighted by molar-refractivity contribution is 7.92. The standard InChI is InChI=1S/C13H18FNO3S/c1-2-19(17,18)12-11(13(12,7-15)8-16)9-3-5-10(14)6-4-9/h3-6,11-12,16H,2,7-8,15H2,1H3/t11-,12-,13-/m1/s1. The van der Waals surface area contributed by atoms with Crippen molar-refractivity contribution >= 4 is 9.84 Å². The molecule has 1 aliphatic rings. The Labute approximate surface area is 112 Å². The molecule has 4 nitrogen and oxygen atoms in total. The van der Waals surface area contributed by atoms with E-state index in [2.05, 4.69) is 0 Å². The predicted octanol–water partition coefficient (Wildman–Crippen LogP) is 0.664. The fourth-order valence-electron chi connectivity index (χ4n) is 2.87. The van der Waals surface area contributed by atoms with Crippen molar-refractivity contribution in [2.24, 2.45) is 11.1 Å². The Kier molecular flexibility index (Phi) is 3.68. The zero-order chi connectivity index (χ0) is 14.3. The molecule has 1 saturated carbocycles. The molecule has 0 aromatic heterocycles. The highest BCUT2D eigenvalue weighted by Gasteiger charge is 2.69. The number of halogens is 1. The summed E-state index contributed by atoms with van der Waals surface area (Å²) in [5.41, 5.74) is 5.56. The van der Waals surface area contributed by atoms with Crippen molar-refractivity contribution in [3.05, 3.63) is 35.6 Å². The molecule has 0 amide bonds. The second-order valence-electron chi connectivity index (χ2n) is 5.00. The Hall–Kier alpha value is -0.980. The van der Waals surface area contributed by atoms with Gasteiger partial charge in [0.05, 0.1) is 11.9 Å². The number of hydrogen-bond acceptors (Lipinski definition) is 4. The largest absolute Gasteiger partial charge is 0.396 e. The maximum atomic E-state index is 12.9. The molecule has 106 valence electrons. The Morgan fingerprint density at radius 3 is 2.37 bits per heavy atom. The van der Waals surface area contributed by atoms with E-state index in [4.69, 9.17) is 5.73 Å². The van der Waals surface area contributed by atoms with Crippen LogP contribution in [-0.4, -0.2) is 37.7 Å². The first-order valence-electron chi connectivity index (χ1n) is 6.21. The summed E-state index contributed by atoms with van der Waals surface area (Å²) in [4.78, 5) is 0. The third-order valence-electron chi connectivity index (χ3n) is 4.07. The normalized spacial score (nSPS) is 30.3. The minimum absolute atomic E-state index is 0.0110. The van der Waals surface area contributed by atoms with E-state index in [-0.39, 0.29) is 30.6 Å². The van der Waals surface area contributed by atoms with Crippen molar-refractivity contribution in [2.75, 3.05) is 18.9 Å². The highest BCUT2D eigenvalue weighted by atomic mass is 32.2. The molecule has 19 heavy (non-hydrogen) atoms. The summed E-state index contributed by atoms with van der Waals surface area (Å²) >= 11 is 0. The molecule has 1 aromatic carbocycles. The lowest BCUT2D eigenvalue weighted by atomic mass is 10.0. The smallest absolute Gasteiger partial charge is 0.154 e. The minimum Gasteiger partial charge on any atom is -0.396 e. The van der Waals surface area contributed by atoms with E-state index in [9.17, 15) is 17.9 Å². The fourth-order valence-corrected chi connectivity index (χ4v) is 5.03. The first-order chi connectivity index (χ1) is 8.93. The van der Waals surface area contributed by atoms with Crippen molar-refractivity contribution in [3.8, 4) is 0 Å². The second-order valence-corrected chi connectivity index (χ2v) is 7.41. The summed E-state index contributed by atoms with van der Waals surface area (Å²) in [6, 6.07) is 5.71. The summed E-state index contributed by atoms with van der Waals surface area (Å²) in [6.45, 7) is 1.39. The van der Waals surface area contributed by atoms with Crippen LogP contribution in [0, 0.1) is 11.2 Å². The van der Waals surface area contributed by atoms with Gasteiger partial charge in [-0.25, -0.2) is 12.8 Å². The van der Waals surface area contributed by atoms with E-state index in [1.54, 1.807) is 19.1 Å². The lowest BCUT2D eigenvalue weighted by Crippen LogP contribution is -2.28. The van der Waals surface area contributed by atoms with E-state index in [0.29, 0.717) is 5.56 Å². The molecule has 0 aliphatic heterocycles. The van der Waals surface area contributed by atoms with E-state index in [1.807, 2.05) is 0 Å². The Morgan fingerprint density at radius 2 is 1.95 bits per heavy atom. The lowest BCUT2D eigenvalue weighted by Gasteiger charge is -2.11. The molecule has 0 bridgehead atoms. The van der Waals surface area contributed by atoms with Crippen molar-refractivity contribution in [1.82, 2.24) is 0 Å². The first-order valence-corrected chi connectivity index (χ1v) is 7.92. The molecule has 6 heteroatoms. The number of hydrogen-bond donors (Lipinski definition) is 2. The average molecular weight is 287 g/mol. The van der Waals surface area contributed by atoms with E-state index in [0.717, 1.165) is 0 Å². The molecule has 1 aromatic rings. The van der Waals surface area contributed by atoms with Crippen LogP contribution in [0.3, 0.4) is 0 Å². The van der Waals surface area contributed by atoms with Crippen LogP contribution in [0.4, 0.5) is 4.39 Å². The van der Waals surface area contributed by atoms with Crippen LogP contribution in [0.5, 0.6) is 0 Å². The maximum absolute atomic E-state index is 12.9. The van der Waals surface area contributed by atoms with Crippen molar-refractivity contribution < 1.29 is 17.9 Å². The molecule has 0 radical (unpaired) electrons. The molecule has 2 rings (SSSR count). The minimum atomic E-state index is -3.30. The number of benzene rings is 1. The highest BCUT2D eigenvalue weighted by Crippen LogP contribution is 2.62. The third kappa shape index (κ3) is 2.17. The molecule has 3 N–H and O–H groups in total. The number of rotatable bonds is 5. The molecule has 3 atom stereocenters. The second kappa shape index (κ2) is 4.85. The Balaban J connectivity index is 2.42. The molecular weight excluding hydrogens is 269 g/mol. The Morgan fingerprint density at radius 1 is 1.37 bits per heavy atom. The van der Waals surface area contributed by atoms with Crippen molar-refractivity contribution in [3.63, 3.8) is 0 Å². The molecule has 0 saturated heterocycles. The molecule has 0 unspecified atom stereocenters. The van der Waals surface area contributed by atoms with Crippen molar-refractivity contribution in [1.29, 1.82) is 0 Å². The molecule has 1 fully saturated rings. The number of aliphatic hydroxyl groups is 1. The van der Waals surface area contributed by atoms with Gasteiger partial charge in [0.1, 0.15) is 5.82 Å². The summed E-state index contributed by atoms with van der Waals surface area (Å²) in [5.74, 6) is -0.716. The predicted molar refractivity (Wildman–Crippen MR) is 71.0 cm³/mol. The summed E-state index contributed by atoms with van der Waals surface area (Å²) in [6.07, 6.45) is 0. The van der Waals surface area contributed by atoms with E-state index >= 15 is 0 Å². The van der Waals surface area contributed by atoms with E-state index < -0.39 is 20.5 Å². The Bertz CT molecular complexity index is 552. The van der Waals surface area contributed by atoms with Gasteiger partial charge in [0.2, 0.25) is 0 Å². The van der Waals surface area contributed by atoms with Gasteiger partial charge >= 0.3 is 0 Å². The molecule has 1 aliphatic carbocycles. The third-order valence-corrected chi connectivity index (χ3v) is 6.39. The van der Waals surface area contributed by atoms with Gasteiger partial charge in [-0.05, 0) is 17.7 Å². The topological polar surface area (TPSA) is 80.4 Å². The van der Waals surface area contributed by atoms with Gasteiger partial charge in [0, 0.05) is 23.6 Å².